The first-order valence-corrected chi connectivity index (χ1v) is 10.00. The third-order valence-electron chi connectivity index (χ3n) is 5.50. The summed E-state index contributed by atoms with van der Waals surface area (Å²) in [6.45, 7) is 0.662. The quantitative estimate of drug-likeness (QED) is 0.373. The number of halogens is 1. The number of pyridine rings is 1. The largest absolute Gasteiger partial charge is 0.480 e. The monoisotopic (exact) mass is 453 g/mol. The molecule has 2 unspecified atom stereocenters. The Morgan fingerprint density at radius 2 is 2.18 bits per heavy atom. The maximum atomic E-state index is 14.3. The van der Waals surface area contributed by atoms with E-state index in [0.717, 1.165) is 0 Å². The summed E-state index contributed by atoms with van der Waals surface area (Å²) in [5.41, 5.74) is 8.28. The Hall–Kier alpha value is -4.20. The fraction of sp³-hybridized carbons (Fsp3) is 0.316. The van der Waals surface area contributed by atoms with Gasteiger partial charge in [-0.3, -0.25) is 4.79 Å². The smallest absolute Gasteiger partial charge is 0.257 e. The standard InChI is InChI=1S/C19H20FN11O2/c1-30-6-12(20)13(7-30)25-18(32)11-3-9(5-22-19(11)33-2)15-10(17-26-28-29-27-17)4-14-16(21)23-8-24-31(14)15/h3-5,8,12-13H,6-7H2,1-2H3,(H,25,32)(H2,21,23,24)(H,26,27,28,29). The highest BCUT2D eigenvalue weighted by Gasteiger charge is 2.33. The highest BCUT2D eigenvalue weighted by atomic mass is 19.1. The number of H-pyrrole nitrogens is 1. The van der Waals surface area contributed by atoms with Crippen LogP contribution >= 0.6 is 0 Å². The predicted molar refractivity (Wildman–Crippen MR) is 114 cm³/mol. The zero-order valence-corrected chi connectivity index (χ0v) is 17.7. The van der Waals surface area contributed by atoms with Crippen molar-refractivity contribution >= 4 is 17.2 Å². The number of carbonyl (C=O) groups excluding carboxylic acids is 1. The normalized spacial score (nSPS) is 18.6. The van der Waals surface area contributed by atoms with Crippen molar-refractivity contribution in [1.29, 1.82) is 0 Å². The lowest BCUT2D eigenvalue weighted by Crippen LogP contribution is -2.41. The summed E-state index contributed by atoms with van der Waals surface area (Å²) in [7, 11) is 3.21. The van der Waals surface area contributed by atoms with E-state index >= 15 is 0 Å². The number of nitrogens with one attached hydrogen (secondary N) is 2. The van der Waals surface area contributed by atoms with E-state index in [1.54, 1.807) is 23.7 Å². The molecule has 4 N–H and O–H groups in total. The van der Waals surface area contributed by atoms with Gasteiger partial charge in [-0.25, -0.2) is 18.9 Å². The molecule has 4 aromatic heterocycles. The Balaban J connectivity index is 1.62. The van der Waals surface area contributed by atoms with Crippen molar-refractivity contribution in [3.05, 3.63) is 30.2 Å². The van der Waals surface area contributed by atoms with E-state index in [-0.39, 0.29) is 23.8 Å². The van der Waals surface area contributed by atoms with Crippen LogP contribution in [0.5, 0.6) is 5.88 Å². The summed E-state index contributed by atoms with van der Waals surface area (Å²) in [5, 5.41) is 21.2. The van der Waals surface area contributed by atoms with Crippen molar-refractivity contribution in [1.82, 2.24) is 50.4 Å². The van der Waals surface area contributed by atoms with E-state index in [9.17, 15) is 9.18 Å². The molecule has 13 nitrogen and oxygen atoms in total. The average molecular weight is 453 g/mol. The number of hydrogen-bond donors (Lipinski definition) is 3. The number of alkyl halides is 1. The number of hydrogen-bond acceptors (Lipinski definition) is 10. The molecule has 1 fully saturated rings. The molecule has 5 rings (SSSR count). The fourth-order valence-electron chi connectivity index (χ4n) is 3.97. The van der Waals surface area contributed by atoms with Crippen LogP contribution in [0.4, 0.5) is 10.2 Å². The lowest BCUT2D eigenvalue weighted by molar-refractivity contribution is 0.0919. The van der Waals surface area contributed by atoms with Crippen LogP contribution in [0.2, 0.25) is 0 Å². The third kappa shape index (κ3) is 3.59. The number of likely N-dealkylation sites (N-methyl/N-ethyl adjacent to an activating group) is 1. The molecule has 33 heavy (non-hydrogen) atoms. The van der Waals surface area contributed by atoms with Gasteiger partial charge in [0.15, 0.2) is 5.82 Å². The molecule has 1 saturated heterocycles. The fourth-order valence-corrected chi connectivity index (χ4v) is 3.97. The van der Waals surface area contributed by atoms with Gasteiger partial charge in [-0.2, -0.15) is 10.3 Å². The van der Waals surface area contributed by atoms with Gasteiger partial charge in [0.05, 0.1) is 24.4 Å². The minimum absolute atomic E-state index is 0.106. The molecule has 0 radical (unpaired) electrons. The van der Waals surface area contributed by atoms with Crippen LogP contribution in [-0.2, 0) is 0 Å². The molecule has 0 aliphatic carbocycles. The van der Waals surface area contributed by atoms with E-state index in [1.165, 1.54) is 19.6 Å². The van der Waals surface area contributed by atoms with Gasteiger partial charge in [-0.05, 0) is 24.4 Å². The molecule has 1 aliphatic rings. The maximum absolute atomic E-state index is 14.3. The number of rotatable bonds is 5. The first-order valence-electron chi connectivity index (χ1n) is 10.00. The highest BCUT2D eigenvalue weighted by Crippen LogP contribution is 2.35. The number of tetrazole rings is 1. The second-order valence-electron chi connectivity index (χ2n) is 7.68. The third-order valence-corrected chi connectivity index (χ3v) is 5.50. The minimum Gasteiger partial charge on any atom is -0.480 e. The number of methoxy groups -OCH3 is 1. The second-order valence-corrected chi connectivity index (χ2v) is 7.68. The molecule has 1 aliphatic heterocycles. The van der Waals surface area contributed by atoms with Gasteiger partial charge in [-0.1, -0.05) is 0 Å². The average Bonchev–Trinajstić information content (AvgIpc) is 3.52. The van der Waals surface area contributed by atoms with Crippen molar-refractivity contribution < 1.29 is 13.9 Å². The number of amides is 1. The van der Waals surface area contributed by atoms with Gasteiger partial charge in [-0.15, -0.1) is 10.2 Å². The Labute approximate surface area is 186 Å². The first-order chi connectivity index (χ1) is 16.0. The first kappa shape index (κ1) is 20.7. The summed E-state index contributed by atoms with van der Waals surface area (Å²) in [6.07, 6.45) is 1.68. The van der Waals surface area contributed by atoms with Gasteiger partial charge in [0.1, 0.15) is 23.6 Å². The van der Waals surface area contributed by atoms with Gasteiger partial charge in [0.25, 0.3) is 5.91 Å². The number of nitrogens with two attached hydrogens (primary N) is 1. The van der Waals surface area contributed by atoms with E-state index in [1.807, 2.05) is 4.90 Å². The summed E-state index contributed by atoms with van der Waals surface area (Å²) in [6, 6.07) is 2.69. The molecule has 170 valence electrons. The second kappa shape index (κ2) is 8.05. The number of fused-ring (bicyclic) bond motifs is 1. The molecule has 4 aromatic rings. The molecule has 1 amide bonds. The van der Waals surface area contributed by atoms with Gasteiger partial charge >= 0.3 is 0 Å². The minimum atomic E-state index is -1.17. The van der Waals surface area contributed by atoms with Crippen molar-refractivity contribution in [2.45, 2.75) is 12.2 Å². The summed E-state index contributed by atoms with van der Waals surface area (Å²) in [4.78, 5) is 23.2. The van der Waals surface area contributed by atoms with Gasteiger partial charge in [0, 0.05) is 24.8 Å². The van der Waals surface area contributed by atoms with Crippen LogP contribution < -0.4 is 15.8 Å². The predicted octanol–water partition coefficient (Wildman–Crippen LogP) is -0.0559. The van der Waals surface area contributed by atoms with Gasteiger partial charge in [0.2, 0.25) is 11.7 Å². The number of likely N-dealkylation sites (tertiary alicyclic amines) is 1. The van der Waals surface area contributed by atoms with Crippen LogP contribution in [0.15, 0.2) is 24.7 Å². The number of nitrogen functional groups attached to an aromatic ring is 1. The zero-order valence-electron chi connectivity index (χ0n) is 17.7. The number of carbonyl (C=O) groups is 1. The molecular weight excluding hydrogens is 433 g/mol. The molecule has 0 spiro atoms. The van der Waals surface area contributed by atoms with E-state index in [0.29, 0.717) is 34.7 Å². The van der Waals surface area contributed by atoms with Crippen LogP contribution in [0.1, 0.15) is 10.4 Å². The Kier molecular flexibility index (Phi) is 5.05. The number of nitrogens with zero attached hydrogens (tertiary/aromatic N) is 8. The summed E-state index contributed by atoms with van der Waals surface area (Å²) in [5.74, 6) is 0.153. The summed E-state index contributed by atoms with van der Waals surface area (Å²) >= 11 is 0. The van der Waals surface area contributed by atoms with Crippen LogP contribution in [-0.4, -0.2) is 90.5 Å². The Morgan fingerprint density at radius 3 is 2.88 bits per heavy atom. The molecule has 0 saturated carbocycles. The lowest BCUT2D eigenvalue weighted by atomic mass is 10.1. The molecule has 0 aromatic carbocycles. The van der Waals surface area contributed by atoms with Crippen molar-refractivity contribution in [3.63, 3.8) is 0 Å². The Morgan fingerprint density at radius 1 is 1.33 bits per heavy atom. The van der Waals surface area contributed by atoms with E-state index in [2.05, 4.69) is 41.0 Å². The molecule has 0 bridgehead atoms. The number of ether oxygens (including phenoxy) is 1. The maximum Gasteiger partial charge on any atom is 0.257 e. The van der Waals surface area contributed by atoms with E-state index < -0.39 is 18.1 Å². The van der Waals surface area contributed by atoms with Gasteiger partial charge < -0.3 is 20.7 Å². The Bertz CT molecular complexity index is 1320. The summed E-state index contributed by atoms with van der Waals surface area (Å²) < 4.78 is 21.1. The lowest BCUT2D eigenvalue weighted by Gasteiger charge is -2.16. The van der Waals surface area contributed by atoms with Crippen molar-refractivity contribution in [2.75, 3.05) is 33.0 Å². The highest BCUT2D eigenvalue weighted by molar-refractivity contribution is 5.98. The number of aromatic nitrogens is 8. The SMILES string of the molecule is COc1ncc(-c2c(-c3nn[nH]n3)cc3c(N)ncnn23)cc1C(=O)NC1CN(C)CC1F. The van der Waals surface area contributed by atoms with Crippen molar-refractivity contribution in [2.24, 2.45) is 0 Å². The molecule has 2 atom stereocenters. The van der Waals surface area contributed by atoms with E-state index in [4.69, 9.17) is 10.5 Å². The molecule has 14 heteroatoms. The molecule has 5 heterocycles. The number of aromatic amines is 1. The topological polar surface area (TPSA) is 165 Å². The van der Waals surface area contributed by atoms with Crippen molar-refractivity contribution in [3.8, 4) is 28.5 Å². The van der Waals surface area contributed by atoms with Crippen LogP contribution in [0, 0.1) is 0 Å². The van der Waals surface area contributed by atoms with Crippen LogP contribution in [0.3, 0.4) is 0 Å². The zero-order chi connectivity index (χ0) is 23.1. The molecular formula is C19H20FN11O2. The van der Waals surface area contributed by atoms with Crippen LogP contribution in [0.25, 0.3) is 28.2 Å². The number of anilines is 1.